The lowest BCUT2D eigenvalue weighted by Gasteiger charge is -2.32. The molecule has 114 valence electrons. The summed E-state index contributed by atoms with van der Waals surface area (Å²) >= 11 is 0. The van der Waals surface area contributed by atoms with E-state index in [1.54, 1.807) is 7.11 Å². The lowest BCUT2D eigenvalue weighted by molar-refractivity contribution is 0.240. The van der Waals surface area contributed by atoms with Gasteiger partial charge in [-0.3, -0.25) is 0 Å². The van der Waals surface area contributed by atoms with Gasteiger partial charge in [-0.1, -0.05) is 32.9 Å². The summed E-state index contributed by atoms with van der Waals surface area (Å²) in [5, 5.41) is 3.66. The van der Waals surface area contributed by atoms with Gasteiger partial charge in [0, 0.05) is 31.5 Å². The quantitative estimate of drug-likeness (QED) is 0.887. The van der Waals surface area contributed by atoms with Gasteiger partial charge in [0.25, 0.3) is 0 Å². The van der Waals surface area contributed by atoms with E-state index in [0.29, 0.717) is 6.04 Å². The molecule has 0 aliphatic rings. The van der Waals surface area contributed by atoms with Crippen molar-refractivity contribution in [2.24, 2.45) is 5.41 Å². The molecule has 1 aromatic carbocycles. The van der Waals surface area contributed by atoms with Crippen LogP contribution in [0.15, 0.2) is 43.0 Å². The first-order chi connectivity index (χ1) is 9.99. The van der Waals surface area contributed by atoms with Crippen LogP contribution in [0.5, 0.6) is 5.75 Å². The van der Waals surface area contributed by atoms with Crippen molar-refractivity contribution in [3.8, 4) is 5.75 Å². The van der Waals surface area contributed by atoms with Crippen LogP contribution in [0.3, 0.4) is 0 Å². The van der Waals surface area contributed by atoms with Gasteiger partial charge in [0.1, 0.15) is 5.75 Å². The number of nitrogens with zero attached hydrogens (tertiary/aromatic N) is 2. The molecule has 0 radical (unpaired) electrons. The first-order valence-corrected chi connectivity index (χ1v) is 7.31. The highest BCUT2D eigenvalue weighted by molar-refractivity contribution is 5.28. The van der Waals surface area contributed by atoms with Gasteiger partial charge >= 0.3 is 0 Å². The van der Waals surface area contributed by atoms with Gasteiger partial charge in [0.2, 0.25) is 0 Å². The molecule has 0 saturated heterocycles. The molecule has 0 saturated carbocycles. The largest absolute Gasteiger partial charge is 0.497 e. The Morgan fingerprint density at radius 3 is 2.76 bits per heavy atom. The number of rotatable bonds is 6. The molecule has 1 unspecified atom stereocenters. The van der Waals surface area contributed by atoms with Gasteiger partial charge in [-0.25, -0.2) is 4.98 Å². The molecule has 2 aromatic rings. The molecule has 1 N–H and O–H groups in total. The molecule has 2 rings (SSSR count). The Labute approximate surface area is 127 Å². The van der Waals surface area contributed by atoms with E-state index < -0.39 is 0 Å². The van der Waals surface area contributed by atoms with E-state index in [9.17, 15) is 0 Å². The minimum atomic E-state index is 0.170. The van der Waals surface area contributed by atoms with E-state index in [2.05, 4.69) is 47.8 Å². The molecule has 4 heteroatoms. The summed E-state index contributed by atoms with van der Waals surface area (Å²) in [5.41, 5.74) is 1.40. The first kappa shape index (κ1) is 15.6. The van der Waals surface area contributed by atoms with Crippen molar-refractivity contribution in [3.63, 3.8) is 0 Å². The second-order valence-corrected chi connectivity index (χ2v) is 6.41. The minimum absolute atomic E-state index is 0.170. The molecular weight excluding hydrogens is 262 g/mol. The Balaban J connectivity index is 2.01. The molecule has 0 bridgehead atoms. The van der Waals surface area contributed by atoms with Crippen molar-refractivity contribution in [2.45, 2.75) is 39.9 Å². The summed E-state index contributed by atoms with van der Waals surface area (Å²) in [6.45, 7) is 8.51. The van der Waals surface area contributed by atoms with Crippen LogP contribution in [0.2, 0.25) is 0 Å². The number of nitrogens with one attached hydrogen (secondary N) is 1. The third-order valence-electron chi connectivity index (χ3n) is 3.68. The fourth-order valence-electron chi connectivity index (χ4n) is 2.27. The Kier molecular flexibility index (Phi) is 5.02. The molecular formula is C17H25N3O. The second kappa shape index (κ2) is 6.76. The van der Waals surface area contributed by atoms with E-state index in [-0.39, 0.29) is 5.41 Å². The lowest BCUT2D eigenvalue weighted by Crippen LogP contribution is -2.42. The molecule has 1 heterocycles. The monoisotopic (exact) mass is 287 g/mol. The normalized spacial score (nSPS) is 13.1. The first-order valence-electron chi connectivity index (χ1n) is 7.31. The SMILES string of the molecule is COc1cccc(CNC(Cn2ccnc2)C(C)(C)C)c1. The lowest BCUT2D eigenvalue weighted by atomic mass is 9.86. The maximum atomic E-state index is 5.27. The predicted octanol–water partition coefficient (Wildman–Crippen LogP) is 3.10. The summed E-state index contributed by atoms with van der Waals surface area (Å²) < 4.78 is 7.39. The van der Waals surface area contributed by atoms with Gasteiger partial charge in [-0.2, -0.15) is 0 Å². The number of benzene rings is 1. The van der Waals surface area contributed by atoms with Gasteiger partial charge < -0.3 is 14.6 Å². The molecule has 21 heavy (non-hydrogen) atoms. The smallest absolute Gasteiger partial charge is 0.119 e. The Hall–Kier alpha value is -1.81. The summed E-state index contributed by atoms with van der Waals surface area (Å²) in [7, 11) is 1.70. The molecule has 0 aliphatic carbocycles. The van der Waals surface area contributed by atoms with Crippen molar-refractivity contribution >= 4 is 0 Å². The number of hydrogen-bond acceptors (Lipinski definition) is 3. The van der Waals surface area contributed by atoms with Crippen LogP contribution in [0.25, 0.3) is 0 Å². The van der Waals surface area contributed by atoms with E-state index in [1.807, 2.05) is 30.9 Å². The summed E-state index contributed by atoms with van der Waals surface area (Å²) in [6.07, 6.45) is 5.69. The number of imidazole rings is 1. The third kappa shape index (κ3) is 4.60. The van der Waals surface area contributed by atoms with Crippen molar-refractivity contribution in [2.75, 3.05) is 7.11 Å². The molecule has 0 spiro atoms. The van der Waals surface area contributed by atoms with Crippen LogP contribution in [-0.4, -0.2) is 22.7 Å². The van der Waals surface area contributed by atoms with Gasteiger partial charge in [0.05, 0.1) is 13.4 Å². The molecule has 0 aliphatic heterocycles. The minimum Gasteiger partial charge on any atom is -0.497 e. The molecule has 0 amide bonds. The van der Waals surface area contributed by atoms with Crippen molar-refractivity contribution in [3.05, 3.63) is 48.5 Å². The van der Waals surface area contributed by atoms with Crippen molar-refractivity contribution < 1.29 is 4.74 Å². The maximum absolute atomic E-state index is 5.27. The number of methoxy groups -OCH3 is 1. The second-order valence-electron chi connectivity index (χ2n) is 6.41. The zero-order valence-electron chi connectivity index (χ0n) is 13.3. The van der Waals surface area contributed by atoms with E-state index >= 15 is 0 Å². The summed E-state index contributed by atoms with van der Waals surface area (Å²) in [4.78, 5) is 4.12. The molecule has 0 fully saturated rings. The number of hydrogen-bond donors (Lipinski definition) is 1. The zero-order chi connectivity index (χ0) is 15.3. The average Bonchev–Trinajstić information content (AvgIpc) is 2.95. The predicted molar refractivity (Wildman–Crippen MR) is 85.3 cm³/mol. The molecule has 1 aromatic heterocycles. The molecule has 4 nitrogen and oxygen atoms in total. The van der Waals surface area contributed by atoms with E-state index in [1.165, 1.54) is 5.56 Å². The van der Waals surface area contributed by atoms with Crippen molar-refractivity contribution in [1.29, 1.82) is 0 Å². The Morgan fingerprint density at radius 2 is 2.14 bits per heavy atom. The Bertz CT molecular complexity index is 543. The topological polar surface area (TPSA) is 39.1 Å². The maximum Gasteiger partial charge on any atom is 0.119 e. The van der Waals surface area contributed by atoms with Crippen LogP contribution in [0.1, 0.15) is 26.3 Å². The summed E-state index contributed by atoms with van der Waals surface area (Å²) in [6, 6.07) is 8.54. The fraction of sp³-hybridized carbons (Fsp3) is 0.471. The van der Waals surface area contributed by atoms with Crippen molar-refractivity contribution in [1.82, 2.24) is 14.9 Å². The highest BCUT2D eigenvalue weighted by Gasteiger charge is 2.24. The van der Waals surface area contributed by atoms with E-state index in [0.717, 1.165) is 18.8 Å². The van der Waals surface area contributed by atoms with Crippen LogP contribution in [0, 0.1) is 5.41 Å². The van der Waals surface area contributed by atoms with Gasteiger partial charge in [-0.05, 0) is 23.1 Å². The van der Waals surface area contributed by atoms with Crippen LogP contribution >= 0.6 is 0 Å². The number of aromatic nitrogens is 2. The third-order valence-corrected chi connectivity index (χ3v) is 3.68. The fourth-order valence-corrected chi connectivity index (χ4v) is 2.27. The van der Waals surface area contributed by atoms with Gasteiger partial charge in [-0.15, -0.1) is 0 Å². The number of ether oxygens (including phenoxy) is 1. The highest BCUT2D eigenvalue weighted by Crippen LogP contribution is 2.21. The van der Waals surface area contributed by atoms with Crippen LogP contribution in [-0.2, 0) is 13.1 Å². The van der Waals surface area contributed by atoms with E-state index in [4.69, 9.17) is 4.74 Å². The highest BCUT2D eigenvalue weighted by atomic mass is 16.5. The average molecular weight is 287 g/mol. The summed E-state index contributed by atoms with van der Waals surface area (Å²) in [5.74, 6) is 0.899. The molecule has 1 atom stereocenters. The zero-order valence-corrected chi connectivity index (χ0v) is 13.3. The standard InChI is InChI=1S/C17H25N3O/c1-17(2,3)16(12-20-9-8-18-13-20)19-11-14-6-5-7-15(10-14)21-4/h5-10,13,16,19H,11-12H2,1-4H3. The van der Waals surface area contributed by atoms with Gasteiger partial charge in [0.15, 0.2) is 0 Å². The Morgan fingerprint density at radius 1 is 1.33 bits per heavy atom. The van der Waals surface area contributed by atoms with Crippen LogP contribution < -0.4 is 10.1 Å². The van der Waals surface area contributed by atoms with Crippen LogP contribution in [0.4, 0.5) is 0 Å².